The van der Waals surface area contributed by atoms with Gasteiger partial charge in [-0.15, -0.1) is 0 Å². The van der Waals surface area contributed by atoms with Crippen LogP contribution in [0.5, 0.6) is 0 Å². The van der Waals surface area contributed by atoms with Crippen LogP contribution in [0.2, 0.25) is 0 Å². The smallest absolute Gasteiger partial charge is 0.0774 e. The zero-order valence-electron chi connectivity index (χ0n) is 16.0. The Morgan fingerprint density at radius 1 is 0.862 bits per heavy atom. The van der Waals surface area contributed by atoms with Crippen molar-refractivity contribution in [2.45, 2.75) is 18.9 Å². The van der Waals surface area contributed by atoms with E-state index in [4.69, 9.17) is 0 Å². The molecule has 1 unspecified atom stereocenters. The second-order valence-corrected chi connectivity index (χ2v) is 7.46. The minimum Gasteiger partial charge on any atom is -0.361 e. The second-order valence-electron chi connectivity index (χ2n) is 7.46. The van der Waals surface area contributed by atoms with Crippen LogP contribution in [0.4, 0.5) is 0 Å². The molecule has 3 heteroatoms. The molecule has 5 rings (SSSR count). The number of nitrogens with one attached hydrogen (secondary N) is 1. The summed E-state index contributed by atoms with van der Waals surface area (Å²) >= 11 is 0. The summed E-state index contributed by atoms with van der Waals surface area (Å²) in [6, 6.07) is 29.7. The third kappa shape index (κ3) is 3.19. The number of fused-ring (bicyclic) bond motifs is 2. The summed E-state index contributed by atoms with van der Waals surface area (Å²) in [6.07, 6.45) is 4.90. The van der Waals surface area contributed by atoms with Gasteiger partial charge in [0, 0.05) is 40.7 Å². The number of hydrogen-bond donors (Lipinski definition) is 1. The Morgan fingerprint density at radius 2 is 1.59 bits per heavy atom. The molecule has 2 aromatic heterocycles. The SMILES string of the molecule is N#CC(Cc1c[nH]c2ccccc12)c1cn(Cc2ccccc2)c2ccccc12. The molecule has 0 spiro atoms. The number of nitrogens with zero attached hydrogens (tertiary/aromatic N) is 2. The Bertz CT molecular complexity index is 1320. The van der Waals surface area contributed by atoms with E-state index in [9.17, 15) is 5.26 Å². The Kier molecular flexibility index (Phi) is 4.38. The minimum absolute atomic E-state index is 0.198. The highest BCUT2D eigenvalue weighted by Gasteiger charge is 2.19. The summed E-state index contributed by atoms with van der Waals surface area (Å²) in [5, 5.41) is 12.4. The van der Waals surface area contributed by atoms with Crippen molar-refractivity contribution in [3.8, 4) is 6.07 Å². The van der Waals surface area contributed by atoms with E-state index in [1.165, 1.54) is 22.0 Å². The summed E-state index contributed by atoms with van der Waals surface area (Å²) in [5.74, 6) is -0.198. The van der Waals surface area contributed by atoms with Crippen molar-refractivity contribution in [1.29, 1.82) is 5.26 Å². The van der Waals surface area contributed by atoms with E-state index in [0.717, 1.165) is 23.0 Å². The van der Waals surface area contributed by atoms with Crippen molar-refractivity contribution in [3.63, 3.8) is 0 Å². The molecule has 0 aliphatic rings. The number of para-hydroxylation sites is 2. The zero-order valence-corrected chi connectivity index (χ0v) is 16.0. The topological polar surface area (TPSA) is 44.5 Å². The number of benzene rings is 3. The Labute approximate surface area is 169 Å². The van der Waals surface area contributed by atoms with Crippen molar-refractivity contribution in [1.82, 2.24) is 9.55 Å². The van der Waals surface area contributed by atoms with Crippen LogP contribution in [-0.4, -0.2) is 9.55 Å². The van der Waals surface area contributed by atoms with Crippen LogP contribution in [0.15, 0.2) is 91.3 Å². The van der Waals surface area contributed by atoms with Gasteiger partial charge in [-0.2, -0.15) is 5.26 Å². The molecule has 0 aliphatic carbocycles. The van der Waals surface area contributed by atoms with Crippen molar-refractivity contribution < 1.29 is 0 Å². The third-order valence-electron chi connectivity index (χ3n) is 5.65. The monoisotopic (exact) mass is 375 g/mol. The molecule has 140 valence electrons. The molecule has 2 heterocycles. The molecule has 1 N–H and O–H groups in total. The number of aromatic amines is 1. The summed E-state index contributed by atoms with van der Waals surface area (Å²) in [5.41, 5.74) is 5.83. The number of hydrogen-bond acceptors (Lipinski definition) is 1. The molecule has 3 aromatic carbocycles. The van der Waals surface area contributed by atoms with Crippen molar-refractivity contribution in [3.05, 3.63) is 108 Å². The van der Waals surface area contributed by atoms with Crippen LogP contribution in [0.25, 0.3) is 21.8 Å². The first-order valence-corrected chi connectivity index (χ1v) is 9.90. The lowest BCUT2D eigenvalue weighted by atomic mass is 9.93. The summed E-state index contributed by atoms with van der Waals surface area (Å²) < 4.78 is 2.26. The quantitative estimate of drug-likeness (QED) is 0.401. The summed E-state index contributed by atoms with van der Waals surface area (Å²) in [4.78, 5) is 3.33. The number of nitriles is 1. The van der Waals surface area contributed by atoms with Gasteiger partial charge in [0.2, 0.25) is 0 Å². The van der Waals surface area contributed by atoms with Gasteiger partial charge in [0.25, 0.3) is 0 Å². The molecule has 0 aliphatic heterocycles. The first-order valence-electron chi connectivity index (χ1n) is 9.90. The number of H-pyrrole nitrogens is 1. The molecule has 3 nitrogen and oxygen atoms in total. The Balaban J connectivity index is 1.55. The third-order valence-corrected chi connectivity index (χ3v) is 5.65. The highest BCUT2D eigenvalue weighted by molar-refractivity contribution is 5.86. The molecule has 1 atom stereocenters. The Hall–Kier alpha value is -3.77. The molecule has 0 fully saturated rings. The fraction of sp³-hybridized carbons (Fsp3) is 0.115. The molecule has 29 heavy (non-hydrogen) atoms. The highest BCUT2D eigenvalue weighted by atomic mass is 15.0. The normalized spacial score (nSPS) is 12.2. The van der Waals surface area contributed by atoms with E-state index in [0.29, 0.717) is 6.42 Å². The molecule has 0 bridgehead atoms. The molecule has 0 radical (unpaired) electrons. The molecular formula is C26H21N3. The van der Waals surface area contributed by atoms with Gasteiger partial charge in [-0.25, -0.2) is 0 Å². The standard InChI is InChI=1S/C26H21N3/c27-15-20(14-21-16-28-25-12-6-4-10-22(21)25)24-18-29(17-19-8-2-1-3-9-19)26-13-7-5-11-23(24)26/h1-13,16,18,20,28H,14,17H2. The maximum atomic E-state index is 10.0. The maximum Gasteiger partial charge on any atom is 0.0774 e. The second kappa shape index (κ2) is 7.33. The zero-order chi connectivity index (χ0) is 19.6. The largest absolute Gasteiger partial charge is 0.361 e. The fourth-order valence-electron chi connectivity index (χ4n) is 4.21. The average Bonchev–Trinajstić information content (AvgIpc) is 3.35. The number of rotatable bonds is 5. The first-order chi connectivity index (χ1) is 14.3. The van der Waals surface area contributed by atoms with Crippen molar-refractivity contribution in [2.24, 2.45) is 0 Å². The van der Waals surface area contributed by atoms with Crippen LogP contribution in [0, 0.1) is 11.3 Å². The maximum absolute atomic E-state index is 10.0. The van der Waals surface area contributed by atoms with E-state index in [2.05, 4.69) is 82.5 Å². The van der Waals surface area contributed by atoms with Gasteiger partial charge in [-0.05, 0) is 35.2 Å². The van der Waals surface area contributed by atoms with E-state index < -0.39 is 0 Å². The van der Waals surface area contributed by atoms with Crippen LogP contribution in [0.3, 0.4) is 0 Å². The lowest BCUT2D eigenvalue weighted by molar-refractivity contribution is 0.808. The fourth-order valence-corrected chi connectivity index (χ4v) is 4.21. The molecule has 0 saturated heterocycles. The van der Waals surface area contributed by atoms with E-state index in [1.54, 1.807) is 0 Å². The van der Waals surface area contributed by atoms with Gasteiger partial charge in [-0.3, -0.25) is 0 Å². The van der Waals surface area contributed by atoms with Gasteiger partial charge in [0.1, 0.15) is 0 Å². The summed E-state index contributed by atoms with van der Waals surface area (Å²) in [7, 11) is 0. The van der Waals surface area contributed by atoms with Crippen molar-refractivity contribution in [2.75, 3.05) is 0 Å². The van der Waals surface area contributed by atoms with Gasteiger partial charge >= 0.3 is 0 Å². The molecule has 5 aromatic rings. The lowest BCUT2D eigenvalue weighted by Crippen LogP contribution is -2.00. The van der Waals surface area contributed by atoms with Crippen molar-refractivity contribution >= 4 is 21.8 Å². The number of aromatic nitrogens is 2. The van der Waals surface area contributed by atoms with Gasteiger partial charge in [0.15, 0.2) is 0 Å². The predicted octanol–water partition coefficient (Wildman–Crippen LogP) is 6.02. The van der Waals surface area contributed by atoms with Crippen LogP contribution in [-0.2, 0) is 13.0 Å². The molecular weight excluding hydrogens is 354 g/mol. The van der Waals surface area contributed by atoms with Crippen LogP contribution in [0.1, 0.15) is 22.6 Å². The van der Waals surface area contributed by atoms with E-state index in [1.807, 2.05) is 24.4 Å². The minimum atomic E-state index is -0.198. The average molecular weight is 375 g/mol. The van der Waals surface area contributed by atoms with Gasteiger partial charge < -0.3 is 9.55 Å². The van der Waals surface area contributed by atoms with E-state index in [-0.39, 0.29) is 5.92 Å². The highest BCUT2D eigenvalue weighted by Crippen LogP contribution is 2.32. The van der Waals surface area contributed by atoms with E-state index >= 15 is 0 Å². The molecule has 0 amide bonds. The van der Waals surface area contributed by atoms with Gasteiger partial charge in [0.05, 0.1) is 12.0 Å². The lowest BCUT2D eigenvalue weighted by Gasteiger charge is -2.08. The van der Waals surface area contributed by atoms with Crippen LogP contribution < -0.4 is 0 Å². The van der Waals surface area contributed by atoms with Crippen LogP contribution >= 0.6 is 0 Å². The summed E-state index contributed by atoms with van der Waals surface area (Å²) in [6.45, 7) is 0.798. The first kappa shape index (κ1) is 17.3. The Morgan fingerprint density at radius 3 is 2.41 bits per heavy atom. The van der Waals surface area contributed by atoms with Gasteiger partial charge in [-0.1, -0.05) is 66.7 Å². The predicted molar refractivity (Wildman–Crippen MR) is 118 cm³/mol. The molecule has 0 saturated carbocycles.